The molecule has 0 spiro atoms. The number of rotatable bonds is 3. The molecule has 1 heterocycles. The van der Waals surface area contributed by atoms with Gasteiger partial charge in [0.1, 0.15) is 0 Å². The summed E-state index contributed by atoms with van der Waals surface area (Å²) in [6, 6.07) is 18.9. The predicted octanol–water partition coefficient (Wildman–Crippen LogP) is 3.46. The first kappa shape index (κ1) is 14.0. The van der Waals surface area contributed by atoms with Crippen LogP contribution in [0.4, 0.5) is 5.69 Å². The number of hydrogen-bond acceptors (Lipinski definition) is 4. The molecule has 0 radical (unpaired) electrons. The Hall–Kier alpha value is -1.94. The molecule has 3 rings (SSSR count). The van der Waals surface area contributed by atoms with Crippen molar-refractivity contribution >= 4 is 23.4 Å². The van der Waals surface area contributed by atoms with Crippen LogP contribution in [0.25, 0.3) is 0 Å². The highest BCUT2D eigenvalue weighted by molar-refractivity contribution is 7.98. The average Bonchev–Trinajstić information content (AvgIpc) is 2.84. The van der Waals surface area contributed by atoms with Crippen molar-refractivity contribution in [2.24, 2.45) is 10.7 Å². The molecule has 3 nitrogen and oxygen atoms in total. The van der Waals surface area contributed by atoms with Gasteiger partial charge in [0.15, 0.2) is 5.96 Å². The van der Waals surface area contributed by atoms with Crippen LogP contribution in [0.3, 0.4) is 0 Å². The molecule has 0 aliphatic carbocycles. The van der Waals surface area contributed by atoms with Crippen molar-refractivity contribution in [3.63, 3.8) is 0 Å². The molecule has 108 valence electrons. The molecule has 0 aromatic heterocycles. The summed E-state index contributed by atoms with van der Waals surface area (Å²) in [6.07, 6.45) is 2.09. The van der Waals surface area contributed by atoms with Gasteiger partial charge in [-0.1, -0.05) is 30.3 Å². The van der Waals surface area contributed by atoms with Crippen LogP contribution in [0.15, 0.2) is 64.5 Å². The summed E-state index contributed by atoms with van der Waals surface area (Å²) in [5.41, 5.74) is 8.22. The van der Waals surface area contributed by atoms with E-state index in [-0.39, 0.29) is 5.54 Å². The smallest absolute Gasteiger partial charge is 0.196 e. The van der Waals surface area contributed by atoms with Crippen LogP contribution in [0.5, 0.6) is 0 Å². The van der Waals surface area contributed by atoms with Gasteiger partial charge in [-0.15, -0.1) is 11.8 Å². The first-order valence-corrected chi connectivity index (χ1v) is 8.17. The molecule has 4 heteroatoms. The van der Waals surface area contributed by atoms with Crippen molar-refractivity contribution in [1.29, 1.82) is 0 Å². The van der Waals surface area contributed by atoms with Gasteiger partial charge in [-0.2, -0.15) is 0 Å². The van der Waals surface area contributed by atoms with Crippen molar-refractivity contribution in [2.45, 2.75) is 17.4 Å². The molecular formula is C17H19N3S. The summed E-state index contributed by atoms with van der Waals surface area (Å²) < 4.78 is 0. The Balaban J connectivity index is 2.02. The third kappa shape index (κ3) is 2.40. The highest BCUT2D eigenvalue weighted by Gasteiger charge is 2.40. The van der Waals surface area contributed by atoms with Crippen molar-refractivity contribution < 1.29 is 0 Å². The van der Waals surface area contributed by atoms with Crippen molar-refractivity contribution in [2.75, 3.05) is 17.7 Å². The number of para-hydroxylation sites is 1. The number of hydrogen-bond donors (Lipinski definition) is 1. The van der Waals surface area contributed by atoms with E-state index in [4.69, 9.17) is 5.73 Å². The van der Waals surface area contributed by atoms with E-state index in [0.717, 1.165) is 5.69 Å². The number of aliphatic imine (C=N–C) groups is 1. The van der Waals surface area contributed by atoms with Gasteiger partial charge in [-0.3, -0.25) is 4.99 Å². The quantitative estimate of drug-likeness (QED) is 0.882. The van der Waals surface area contributed by atoms with Gasteiger partial charge >= 0.3 is 0 Å². The molecule has 0 saturated heterocycles. The van der Waals surface area contributed by atoms with Gasteiger partial charge in [0.2, 0.25) is 0 Å². The van der Waals surface area contributed by atoms with E-state index >= 15 is 0 Å². The molecule has 0 fully saturated rings. The fourth-order valence-corrected chi connectivity index (χ4v) is 3.20. The molecule has 21 heavy (non-hydrogen) atoms. The van der Waals surface area contributed by atoms with E-state index in [9.17, 15) is 0 Å². The molecule has 0 bridgehead atoms. The molecule has 2 aromatic rings. The molecule has 1 aliphatic heterocycles. The first-order chi connectivity index (χ1) is 10.1. The van der Waals surface area contributed by atoms with E-state index < -0.39 is 0 Å². The third-order valence-electron chi connectivity index (χ3n) is 4.00. The third-order valence-corrected chi connectivity index (χ3v) is 4.74. The van der Waals surface area contributed by atoms with Crippen LogP contribution in [-0.2, 0) is 5.54 Å². The van der Waals surface area contributed by atoms with Crippen LogP contribution in [0.2, 0.25) is 0 Å². The molecule has 0 amide bonds. The Bertz CT molecular complexity index is 651. The fourth-order valence-electron chi connectivity index (χ4n) is 2.79. The zero-order valence-corrected chi connectivity index (χ0v) is 13.1. The number of anilines is 1. The minimum atomic E-state index is -0.234. The van der Waals surface area contributed by atoms with Crippen LogP contribution >= 0.6 is 11.8 Å². The van der Waals surface area contributed by atoms with E-state index in [0.29, 0.717) is 12.5 Å². The number of thioether (sulfide) groups is 1. The lowest BCUT2D eigenvalue weighted by molar-refractivity contribution is 0.532. The molecule has 1 unspecified atom stereocenters. The van der Waals surface area contributed by atoms with Gasteiger partial charge < -0.3 is 10.6 Å². The minimum absolute atomic E-state index is 0.234. The summed E-state index contributed by atoms with van der Waals surface area (Å²) in [6.45, 7) is 2.86. The average molecular weight is 297 g/mol. The Morgan fingerprint density at radius 1 is 1.10 bits per heavy atom. The van der Waals surface area contributed by atoms with Crippen LogP contribution in [0.1, 0.15) is 12.5 Å². The Labute approximate surface area is 129 Å². The second kappa shape index (κ2) is 5.45. The van der Waals surface area contributed by atoms with Gasteiger partial charge in [0.25, 0.3) is 0 Å². The highest BCUT2D eigenvalue weighted by atomic mass is 32.2. The highest BCUT2D eigenvalue weighted by Crippen LogP contribution is 2.37. The largest absolute Gasteiger partial charge is 0.369 e. The second-order valence-corrected chi connectivity index (χ2v) is 6.23. The SMILES string of the molecule is CSc1ccc(C2(C)CN=C(N)N2c2ccccc2)cc1. The molecule has 1 atom stereocenters. The van der Waals surface area contributed by atoms with Gasteiger partial charge in [-0.05, 0) is 43.0 Å². The van der Waals surface area contributed by atoms with Crippen molar-refractivity contribution in [3.8, 4) is 0 Å². The van der Waals surface area contributed by atoms with Gasteiger partial charge in [-0.25, -0.2) is 0 Å². The van der Waals surface area contributed by atoms with Crippen molar-refractivity contribution in [1.82, 2.24) is 0 Å². The minimum Gasteiger partial charge on any atom is -0.369 e. The lowest BCUT2D eigenvalue weighted by Gasteiger charge is -2.36. The maximum atomic E-state index is 6.15. The number of nitrogens with two attached hydrogens (primary N) is 1. The predicted molar refractivity (Wildman–Crippen MR) is 91.0 cm³/mol. The Morgan fingerprint density at radius 2 is 1.76 bits per heavy atom. The maximum Gasteiger partial charge on any atom is 0.196 e. The summed E-state index contributed by atoms with van der Waals surface area (Å²) in [7, 11) is 0. The zero-order chi connectivity index (χ0) is 14.9. The summed E-state index contributed by atoms with van der Waals surface area (Å²) in [4.78, 5) is 7.87. The topological polar surface area (TPSA) is 41.6 Å². The van der Waals surface area contributed by atoms with Crippen LogP contribution in [-0.4, -0.2) is 18.8 Å². The van der Waals surface area contributed by atoms with Gasteiger partial charge in [0.05, 0.1) is 12.1 Å². The van der Waals surface area contributed by atoms with Crippen LogP contribution in [0, 0.1) is 0 Å². The second-order valence-electron chi connectivity index (χ2n) is 5.35. The fraction of sp³-hybridized carbons (Fsp3) is 0.235. The lowest BCUT2D eigenvalue weighted by atomic mass is 9.90. The number of benzene rings is 2. The van der Waals surface area contributed by atoms with E-state index in [2.05, 4.69) is 59.5 Å². The Kier molecular flexibility index (Phi) is 3.64. The molecular weight excluding hydrogens is 278 g/mol. The van der Waals surface area contributed by atoms with Crippen molar-refractivity contribution in [3.05, 3.63) is 60.2 Å². The summed E-state index contributed by atoms with van der Waals surface area (Å²) in [5, 5.41) is 0. The van der Waals surface area contributed by atoms with Crippen LogP contribution < -0.4 is 10.6 Å². The van der Waals surface area contributed by atoms with E-state index in [1.165, 1.54) is 10.5 Å². The van der Waals surface area contributed by atoms with E-state index in [1.807, 2.05) is 18.2 Å². The standard InChI is InChI=1S/C17H19N3S/c1-17(13-8-10-15(21-2)11-9-13)12-19-16(18)20(17)14-6-4-3-5-7-14/h3-11H,12H2,1-2H3,(H2,18,19). The summed E-state index contributed by atoms with van der Waals surface area (Å²) >= 11 is 1.75. The first-order valence-electron chi connectivity index (χ1n) is 6.95. The Morgan fingerprint density at radius 3 is 2.38 bits per heavy atom. The number of guanidine groups is 1. The molecule has 2 aromatic carbocycles. The molecule has 0 saturated carbocycles. The van der Waals surface area contributed by atoms with E-state index in [1.54, 1.807) is 11.8 Å². The molecule has 1 aliphatic rings. The summed E-state index contributed by atoms with van der Waals surface area (Å²) in [5.74, 6) is 0.581. The van der Waals surface area contributed by atoms with Gasteiger partial charge in [0, 0.05) is 10.6 Å². The monoisotopic (exact) mass is 297 g/mol. The zero-order valence-electron chi connectivity index (χ0n) is 12.3. The maximum absolute atomic E-state index is 6.15. The normalized spacial score (nSPS) is 21.4. The number of nitrogens with zero attached hydrogens (tertiary/aromatic N) is 2. The molecule has 2 N–H and O–H groups in total. The lowest BCUT2D eigenvalue weighted by Crippen LogP contribution is -2.47.